The number of fused-ring (bicyclic) bond motifs is 1. The zero-order chi connectivity index (χ0) is 17.9. The second-order valence-electron chi connectivity index (χ2n) is 5.83. The fourth-order valence-corrected chi connectivity index (χ4v) is 3.23. The number of thiazole rings is 1. The Bertz CT molecular complexity index is 1050. The number of carbonyl (C=O) groups excluding carboxylic acids is 1. The van der Waals surface area contributed by atoms with Gasteiger partial charge in [-0.2, -0.15) is 5.10 Å². The van der Waals surface area contributed by atoms with Crippen LogP contribution in [0.3, 0.4) is 0 Å². The molecule has 26 heavy (non-hydrogen) atoms. The maximum atomic E-state index is 12.3. The van der Waals surface area contributed by atoms with E-state index in [0.29, 0.717) is 5.69 Å². The number of rotatable bonds is 5. The number of ether oxygens (including phenoxy) is 1. The lowest BCUT2D eigenvalue weighted by molar-refractivity contribution is 0.0464. The van der Waals surface area contributed by atoms with Gasteiger partial charge in [0.1, 0.15) is 6.61 Å². The van der Waals surface area contributed by atoms with Gasteiger partial charge in [-0.3, -0.25) is 5.10 Å². The van der Waals surface area contributed by atoms with Crippen LogP contribution in [0.25, 0.3) is 10.9 Å². The maximum Gasteiger partial charge on any atom is 0.359 e. The molecule has 2 heterocycles. The van der Waals surface area contributed by atoms with Crippen molar-refractivity contribution >= 4 is 39.0 Å². The molecule has 4 aromatic rings. The van der Waals surface area contributed by atoms with Crippen molar-refractivity contribution < 1.29 is 9.53 Å². The Morgan fingerprint density at radius 1 is 1.19 bits per heavy atom. The number of carbonyl (C=O) groups is 1. The number of aromatic amines is 1. The van der Waals surface area contributed by atoms with Crippen LogP contribution < -0.4 is 5.32 Å². The third-order valence-electron chi connectivity index (χ3n) is 3.87. The lowest BCUT2D eigenvalue weighted by Gasteiger charge is -2.03. The number of hydrogen-bond acceptors (Lipinski definition) is 6. The molecule has 6 nitrogen and oxygen atoms in total. The zero-order valence-corrected chi connectivity index (χ0v) is 14.8. The Balaban J connectivity index is 1.40. The van der Waals surface area contributed by atoms with E-state index in [4.69, 9.17) is 4.74 Å². The zero-order valence-electron chi connectivity index (χ0n) is 14.0. The van der Waals surface area contributed by atoms with Gasteiger partial charge in [-0.05, 0) is 25.1 Å². The highest BCUT2D eigenvalue weighted by Crippen LogP contribution is 2.22. The molecule has 4 rings (SSSR count). The number of nitrogens with zero attached hydrogens (tertiary/aromatic N) is 2. The molecule has 0 fully saturated rings. The third-order valence-corrected chi connectivity index (χ3v) is 4.68. The molecule has 0 aliphatic heterocycles. The molecule has 0 spiro atoms. The van der Waals surface area contributed by atoms with E-state index in [1.807, 2.05) is 60.8 Å². The first-order chi connectivity index (χ1) is 12.7. The van der Waals surface area contributed by atoms with Gasteiger partial charge in [-0.15, -0.1) is 11.3 Å². The van der Waals surface area contributed by atoms with E-state index in [1.165, 1.54) is 16.9 Å². The average Bonchev–Trinajstić information content (AvgIpc) is 3.28. The van der Waals surface area contributed by atoms with Gasteiger partial charge in [0.05, 0.1) is 11.2 Å². The second-order valence-corrected chi connectivity index (χ2v) is 6.69. The predicted molar refractivity (Wildman–Crippen MR) is 102 cm³/mol. The van der Waals surface area contributed by atoms with Crippen molar-refractivity contribution in [2.24, 2.45) is 0 Å². The summed E-state index contributed by atoms with van der Waals surface area (Å²) in [6.07, 6.45) is 0. The fraction of sp³-hybridized carbons (Fsp3) is 0.105. The number of nitrogens with one attached hydrogen (secondary N) is 2. The molecule has 0 bridgehead atoms. The van der Waals surface area contributed by atoms with Crippen molar-refractivity contribution in [1.82, 2.24) is 15.2 Å². The van der Waals surface area contributed by atoms with Crippen LogP contribution in [-0.2, 0) is 11.3 Å². The molecule has 130 valence electrons. The van der Waals surface area contributed by atoms with Crippen LogP contribution in [0.5, 0.6) is 0 Å². The number of aromatic nitrogens is 3. The SMILES string of the molecule is Cc1ccc(Nc2nc(COC(=O)c3n[nH]c4ccccc34)cs2)cc1. The molecule has 7 heteroatoms. The lowest BCUT2D eigenvalue weighted by atomic mass is 10.2. The molecule has 2 aromatic carbocycles. The summed E-state index contributed by atoms with van der Waals surface area (Å²) in [5.74, 6) is -0.469. The summed E-state index contributed by atoms with van der Waals surface area (Å²) in [7, 11) is 0. The highest BCUT2D eigenvalue weighted by atomic mass is 32.1. The summed E-state index contributed by atoms with van der Waals surface area (Å²) in [5.41, 5.74) is 3.95. The largest absolute Gasteiger partial charge is 0.454 e. The van der Waals surface area contributed by atoms with Crippen LogP contribution >= 0.6 is 11.3 Å². The van der Waals surface area contributed by atoms with Crippen LogP contribution in [0, 0.1) is 6.92 Å². The molecular weight excluding hydrogens is 348 g/mol. The number of esters is 1. The van der Waals surface area contributed by atoms with Gasteiger partial charge in [-0.25, -0.2) is 9.78 Å². The second kappa shape index (κ2) is 6.97. The standard InChI is InChI=1S/C19H16N4O2S/c1-12-6-8-13(9-7-12)20-19-21-14(11-26-19)10-25-18(24)17-15-4-2-3-5-16(15)22-23-17/h2-9,11H,10H2,1H3,(H,20,21)(H,22,23). The van der Waals surface area contributed by atoms with E-state index >= 15 is 0 Å². The summed E-state index contributed by atoms with van der Waals surface area (Å²) in [4.78, 5) is 16.7. The number of hydrogen-bond donors (Lipinski definition) is 2. The molecule has 0 saturated heterocycles. The summed E-state index contributed by atoms with van der Waals surface area (Å²) in [6, 6.07) is 15.5. The first kappa shape index (κ1) is 16.3. The van der Waals surface area contributed by atoms with Gasteiger partial charge in [-0.1, -0.05) is 35.9 Å². The van der Waals surface area contributed by atoms with Gasteiger partial charge in [0.25, 0.3) is 0 Å². The minimum Gasteiger partial charge on any atom is -0.454 e. The fourth-order valence-electron chi connectivity index (χ4n) is 2.52. The van der Waals surface area contributed by atoms with E-state index < -0.39 is 5.97 Å². The van der Waals surface area contributed by atoms with Crippen molar-refractivity contribution in [3.8, 4) is 0 Å². The van der Waals surface area contributed by atoms with E-state index in [-0.39, 0.29) is 12.3 Å². The summed E-state index contributed by atoms with van der Waals surface area (Å²) >= 11 is 1.46. The van der Waals surface area contributed by atoms with Crippen LogP contribution in [0.4, 0.5) is 10.8 Å². The normalized spacial score (nSPS) is 10.8. The van der Waals surface area contributed by atoms with E-state index in [2.05, 4.69) is 20.5 Å². The van der Waals surface area contributed by atoms with Crippen LogP contribution in [0.15, 0.2) is 53.9 Å². The lowest BCUT2D eigenvalue weighted by Crippen LogP contribution is -2.06. The van der Waals surface area contributed by atoms with Crippen molar-refractivity contribution in [2.45, 2.75) is 13.5 Å². The predicted octanol–water partition coefficient (Wildman–Crippen LogP) is 4.43. The Labute approximate surface area is 153 Å². The van der Waals surface area contributed by atoms with Gasteiger partial charge >= 0.3 is 5.97 Å². The maximum absolute atomic E-state index is 12.3. The van der Waals surface area contributed by atoms with Gasteiger partial charge in [0, 0.05) is 16.5 Å². The third kappa shape index (κ3) is 3.43. The molecule has 0 aliphatic rings. The topological polar surface area (TPSA) is 79.9 Å². The van der Waals surface area contributed by atoms with Crippen molar-refractivity contribution in [1.29, 1.82) is 0 Å². The molecule has 0 unspecified atom stereocenters. The van der Waals surface area contributed by atoms with Crippen LogP contribution in [0.2, 0.25) is 0 Å². The Kier molecular flexibility index (Phi) is 4.37. The molecule has 2 aromatic heterocycles. The first-order valence-corrected chi connectivity index (χ1v) is 8.95. The molecule has 0 atom stereocenters. The number of para-hydroxylation sites is 1. The number of H-pyrrole nitrogens is 1. The van der Waals surface area contributed by atoms with Crippen molar-refractivity contribution in [2.75, 3.05) is 5.32 Å². The Morgan fingerprint density at radius 2 is 2.00 bits per heavy atom. The van der Waals surface area contributed by atoms with E-state index in [9.17, 15) is 4.79 Å². The molecule has 0 aliphatic carbocycles. The van der Waals surface area contributed by atoms with Gasteiger partial charge < -0.3 is 10.1 Å². The summed E-state index contributed by atoms with van der Waals surface area (Å²) < 4.78 is 5.35. The number of anilines is 2. The van der Waals surface area contributed by atoms with Gasteiger partial charge in [0.2, 0.25) is 0 Å². The van der Waals surface area contributed by atoms with Crippen LogP contribution in [-0.4, -0.2) is 21.2 Å². The van der Waals surface area contributed by atoms with E-state index in [1.54, 1.807) is 0 Å². The minimum atomic E-state index is -0.469. The highest BCUT2D eigenvalue weighted by molar-refractivity contribution is 7.13. The molecule has 2 N–H and O–H groups in total. The molecule has 0 saturated carbocycles. The van der Waals surface area contributed by atoms with Crippen molar-refractivity contribution in [3.05, 3.63) is 70.9 Å². The van der Waals surface area contributed by atoms with Gasteiger partial charge in [0.15, 0.2) is 10.8 Å². The Hall–Kier alpha value is -3.19. The summed E-state index contributed by atoms with van der Waals surface area (Å²) in [6.45, 7) is 2.15. The Morgan fingerprint density at radius 3 is 2.85 bits per heavy atom. The smallest absolute Gasteiger partial charge is 0.359 e. The summed E-state index contributed by atoms with van der Waals surface area (Å²) in [5, 5.41) is 13.5. The van der Waals surface area contributed by atoms with Crippen molar-refractivity contribution in [3.63, 3.8) is 0 Å². The quantitative estimate of drug-likeness (QED) is 0.512. The monoisotopic (exact) mass is 364 g/mol. The minimum absolute atomic E-state index is 0.103. The molecular formula is C19H16N4O2S. The average molecular weight is 364 g/mol. The highest BCUT2D eigenvalue weighted by Gasteiger charge is 2.16. The first-order valence-electron chi connectivity index (χ1n) is 8.07. The molecule has 0 radical (unpaired) electrons. The van der Waals surface area contributed by atoms with Crippen LogP contribution in [0.1, 0.15) is 21.7 Å². The number of aryl methyl sites for hydroxylation is 1. The molecule has 0 amide bonds. The van der Waals surface area contributed by atoms with E-state index in [0.717, 1.165) is 21.7 Å². The number of benzene rings is 2.